The molecule has 2 atom stereocenters. The molecule has 26 heavy (non-hydrogen) atoms. The monoisotopic (exact) mass is 429 g/mol. The average Bonchev–Trinajstić information content (AvgIpc) is 2.48. The Labute approximate surface area is 171 Å². The normalized spacial score (nSPS) is 19.1. The number of hydrogen-bond acceptors (Lipinski definition) is 4. The van der Waals surface area contributed by atoms with Gasteiger partial charge in [-0.15, -0.1) is 24.8 Å². The summed E-state index contributed by atoms with van der Waals surface area (Å²) < 4.78 is 20.0. The second-order valence-corrected chi connectivity index (χ2v) is 7.17. The first-order valence-electron chi connectivity index (χ1n) is 8.07. The second-order valence-electron chi connectivity index (χ2n) is 6.76. The molecule has 1 heterocycles. The smallest absolute Gasteiger partial charge is 0.239 e. The molecule has 0 spiro atoms. The number of rotatable bonds is 5. The molecule has 1 aromatic carbocycles. The number of halogens is 4. The summed E-state index contributed by atoms with van der Waals surface area (Å²) in [6.07, 6.45) is 0.0356. The number of morpholine rings is 1. The molecule has 1 fully saturated rings. The Bertz CT molecular complexity index is 579. The van der Waals surface area contributed by atoms with Gasteiger partial charge in [-0.2, -0.15) is 0 Å². The average molecular weight is 431 g/mol. The van der Waals surface area contributed by atoms with Gasteiger partial charge >= 0.3 is 0 Å². The number of nitrogens with one attached hydrogen (secondary N) is 1. The van der Waals surface area contributed by atoms with Crippen LogP contribution in [0.25, 0.3) is 0 Å². The fourth-order valence-electron chi connectivity index (χ4n) is 2.79. The molecule has 0 radical (unpaired) electrons. The van der Waals surface area contributed by atoms with E-state index < -0.39 is 5.54 Å². The van der Waals surface area contributed by atoms with Crippen LogP contribution in [-0.2, 0) is 9.53 Å². The standard InChI is InChI=1S/C17H25ClFN3O2.2ClH/c1-11-10-22(7-8-24-11)14(9-21-16(23)17(2,3)20)15-12(18)5-4-6-13(15)19;;/h4-6,11,14H,7-10,20H2,1-3H3,(H,21,23);2*1H. The van der Waals surface area contributed by atoms with E-state index in [4.69, 9.17) is 22.1 Å². The number of nitrogens with two attached hydrogens (primary N) is 1. The first-order chi connectivity index (χ1) is 11.2. The Morgan fingerprint density at radius 2 is 2.15 bits per heavy atom. The summed E-state index contributed by atoms with van der Waals surface area (Å²) in [5, 5.41) is 3.16. The van der Waals surface area contributed by atoms with Crippen molar-refractivity contribution in [3.8, 4) is 0 Å². The van der Waals surface area contributed by atoms with Gasteiger partial charge in [-0.1, -0.05) is 17.7 Å². The molecule has 9 heteroatoms. The maximum absolute atomic E-state index is 14.4. The van der Waals surface area contributed by atoms with E-state index >= 15 is 0 Å². The van der Waals surface area contributed by atoms with Crippen LogP contribution in [0.2, 0.25) is 5.02 Å². The maximum Gasteiger partial charge on any atom is 0.239 e. The molecule has 0 aliphatic carbocycles. The first-order valence-corrected chi connectivity index (χ1v) is 8.44. The molecule has 5 nitrogen and oxygen atoms in total. The molecule has 1 aromatic rings. The van der Waals surface area contributed by atoms with Crippen molar-refractivity contribution in [1.29, 1.82) is 0 Å². The van der Waals surface area contributed by atoms with E-state index in [0.29, 0.717) is 30.3 Å². The van der Waals surface area contributed by atoms with Gasteiger partial charge in [0.05, 0.1) is 24.3 Å². The third-order valence-electron chi connectivity index (χ3n) is 4.09. The maximum atomic E-state index is 14.4. The predicted octanol–water partition coefficient (Wildman–Crippen LogP) is 2.94. The lowest BCUT2D eigenvalue weighted by molar-refractivity contribution is -0.125. The second kappa shape index (κ2) is 10.6. The number of amides is 1. The molecule has 1 amide bonds. The number of ether oxygens (including phenoxy) is 1. The largest absolute Gasteiger partial charge is 0.376 e. The molecule has 2 rings (SSSR count). The zero-order valence-electron chi connectivity index (χ0n) is 15.1. The molecule has 2 unspecified atom stereocenters. The van der Waals surface area contributed by atoms with Crippen LogP contribution in [-0.4, -0.2) is 48.7 Å². The fourth-order valence-corrected chi connectivity index (χ4v) is 3.08. The third kappa shape index (κ3) is 6.51. The van der Waals surface area contributed by atoms with E-state index in [1.807, 2.05) is 6.92 Å². The number of benzene rings is 1. The van der Waals surface area contributed by atoms with Crippen LogP contribution in [0.3, 0.4) is 0 Å². The third-order valence-corrected chi connectivity index (χ3v) is 4.42. The Kier molecular flexibility index (Phi) is 10.4. The quantitative estimate of drug-likeness (QED) is 0.754. The van der Waals surface area contributed by atoms with Gasteiger partial charge in [0.25, 0.3) is 0 Å². The fraction of sp³-hybridized carbons (Fsp3) is 0.588. The highest BCUT2D eigenvalue weighted by Gasteiger charge is 2.31. The van der Waals surface area contributed by atoms with Crippen molar-refractivity contribution in [1.82, 2.24) is 10.2 Å². The SMILES string of the molecule is CC1CN(C(CNC(=O)C(C)(C)N)c2c(F)cccc2Cl)CCO1.Cl.Cl. The molecule has 0 saturated carbocycles. The van der Waals surface area contributed by atoms with E-state index in [0.717, 1.165) is 0 Å². The Morgan fingerprint density at radius 1 is 1.50 bits per heavy atom. The lowest BCUT2D eigenvalue weighted by atomic mass is 10.0. The molecule has 1 aliphatic heterocycles. The van der Waals surface area contributed by atoms with Crippen LogP contribution in [0.5, 0.6) is 0 Å². The van der Waals surface area contributed by atoms with Gasteiger partial charge in [-0.25, -0.2) is 4.39 Å². The number of nitrogens with zero attached hydrogens (tertiary/aromatic N) is 1. The summed E-state index contributed by atoms with van der Waals surface area (Å²) in [5.41, 5.74) is 5.21. The number of carbonyl (C=O) groups is 1. The number of carbonyl (C=O) groups excluding carboxylic acids is 1. The van der Waals surface area contributed by atoms with E-state index in [1.54, 1.807) is 26.0 Å². The van der Waals surface area contributed by atoms with Gasteiger partial charge in [0.1, 0.15) is 5.82 Å². The summed E-state index contributed by atoms with van der Waals surface area (Å²) in [6, 6.07) is 4.23. The van der Waals surface area contributed by atoms with Crippen molar-refractivity contribution < 1.29 is 13.9 Å². The molecule has 0 bridgehead atoms. The van der Waals surface area contributed by atoms with Gasteiger partial charge in [-0.3, -0.25) is 9.69 Å². The van der Waals surface area contributed by atoms with Gasteiger partial charge in [0, 0.05) is 30.2 Å². The van der Waals surface area contributed by atoms with E-state index in [1.165, 1.54) is 6.07 Å². The predicted molar refractivity (Wildman–Crippen MR) is 107 cm³/mol. The van der Waals surface area contributed by atoms with Crippen LogP contribution in [0.4, 0.5) is 4.39 Å². The van der Waals surface area contributed by atoms with Gasteiger partial charge < -0.3 is 15.8 Å². The minimum Gasteiger partial charge on any atom is -0.376 e. The molecule has 0 aromatic heterocycles. The van der Waals surface area contributed by atoms with E-state index in [2.05, 4.69) is 10.2 Å². The summed E-state index contributed by atoms with van der Waals surface area (Å²) in [7, 11) is 0. The number of hydrogen-bond donors (Lipinski definition) is 2. The van der Waals surface area contributed by atoms with Crippen molar-refractivity contribution in [2.75, 3.05) is 26.2 Å². The van der Waals surface area contributed by atoms with E-state index in [9.17, 15) is 9.18 Å². The lowest BCUT2D eigenvalue weighted by Gasteiger charge is -2.38. The van der Waals surface area contributed by atoms with Gasteiger partial charge in [0.2, 0.25) is 5.91 Å². The topological polar surface area (TPSA) is 67.6 Å². The minimum absolute atomic E-state index is 0. The van der Waals surface area contributed by atoms with Crippen LogP contribution >= 0.6 is 36.4 Å². The molecule has 1 aliphatic rings. The van der Waals surface area contributed by atoms with Crippen molar-refractivity contribution in [3.63, 3.8) is 0 Å². The molecule has 150 valence electrons. The van der Waals surface area contributed by atoms with Crippen molar-refractivity contribution >= 4 is 42.3 Å². The summed E-state index contributed by atoms with van der Waals surface area (Å²) in [6.45, 7) is 7.29. The Morgan fingerprint density at radius 3 is 2.69 bits per heavy atom. The van der Waals surface area contributed by atoms with Crippen LogP contribution in [0, 0.1) is 5.82 Å². The lowest BCUT2D eigenvalue weighted by Crippen LogP contribution is -2.52. The summed E-state index contributed by atoms with van der Waals surface area (Å²) in [4.78, 5) is 14.2. The van der Waals surface area contributed by atoms with Crippen LogP contribution < -0.4 is 11.1 Å². The zero-order valence-corrected chi connectivity index (χ0v) is 17.5. The minimum atomic E-state index is -0.998. The highest BCUT2D eigenvalue weighted by molar-refractivity contribution is 6.31. The highest BCUT2D eigenvalue weighted by Crippen LogP contribution is 2.31. The van der Waals surface area contributed by atoms with Crippen molar-refractivity contribution in [2.45, 2.75) is 38.5 Å². The van der Waals surface area contributed by atoms with Crippen molar-refractivity contribution in [2.24, 2.45) is 5.73 Å². The van der Waals surface area contributed by atoms with Crippen molar-refractivity contribution in [3.05, 3.63) is 34.6 Å². The molecular weight excluding hydrogens is 404 g/mol. The first kappa shape index (κ1) is 25.4. The van der Waals surface area contributed by atoms with E-state index in [-0.39, 0.29) is 55.2 Å². The zero-order chi connectivity index (χ0) is 17.9. The van der Waals surface area contributed by atoms with Gasteiger partial charge in [0.15, 0.2) is 0 Å². The van der Waals surface area contributed by atoms with Gasteiger partial charge in [-0.05, 0) is 32.9 Å². The molecular formula is C17H27Cl3FN3O2. The molecule has 3 N–H and O–H groups in total. The van der Waals surface area contributed by atoms with Crippen LogP contribution in [0.15, 0.2) is 18.2 Å². The summed E-state index contributed by atoms with van der Waals surface area (Å²) in [5.74, 6) is -0.672. The van der Waals surface area contributed by atoms with Crippen LogP contribution in [0.1, 0.15) is 32.4 Å². The molecule has 1 saturated heterocycles. The Hall–Kier alpha value is -0.630. The summed E-state index contributed by atoms with van der Waals surface area (Å²) >= 11 is 6.25. The highest BCUT2D eigenvalue weighted by atomic mass is 35.5. The Balaban J connectivity index is 0.00000312.